The van der Waals surface area contributed by atoms with E-state index in [1.807, 2.05) is 34.6 Å². The molecule has 4 saturated heterocycles. The number of ether oxygens (including phenoxy) is 8. The number of aliphatic hydroxyl groups is 2. The molecular formula is C59H94Cl2N10O18P2S2. The van der Waals surface area contributed by atoms with Crippen molar-refractivity contribution in [3.8, 4) is 0 Å². The molecule has 6 fully saturated rings. The van der Waals surface area contributed by atoms with Crippen molar-refractivity contribution in [3.63, 3.8) is 0 Å². The number of anilines is 2. The van der Waals surface area contributed by atoms with E-state index in [2.05, 4.69) is 30.1 Å². The molecule has 10 rings (SSSR count). The number of aliphatic hydroxyl groups excluding tert-OH is 2. The first-order valence-corrected chi connectivity index (χ1v) is 38.7. The summed E-state index contributed by atoms with van der Waals surface area (Å²) in [5, 5.41) is 30.4. The van der Waals surface area contributed by atoms with Gasteiger partial charge >= 0.3 is 12.2 Å². The van der Waals surface area contributed by atoms with Crippen molar-refractivity contribution in [1.29, 1.82) is 0 Å². The maximum atomic E-state index is 13.9. The van der Waals surface area contributed by atoms with E-state index in [1.54, 1.807) is 77.8 Å². The summed E-state index contributed by atoms with van der Waals surface area (Å²) in [6, 6.07) is -0.284. The first kappa shape index (κ1) is 75.4. The number of fused-ring (bicyclic) bond motifs is 4. The summed E-state index contributed by atoms with van der Waals surface area (Å²) in [7, 11) is -11.4. The van der Waals surface area contributed by atoms with Crippen molar-refractivity contribution in [1.82, 2.24) is 39.5 Å². The maximum absolute atomic E-state index is 13.9. The van der Waals surface area contributed by atoms with Crippen LogP contribution in [0.3, 0.4) is 0 Å². The van der Waals surface area contributed by atoms with Gasteiger partial charge in [0.2, 0.25) is 25.3 Å². The van der Waals surface area contributed by atoms with Crippen LogP contribution in [0.4, 0.5) is 21.2 Å². The van der Waals surface area contributed by atoms with Crippen molar-refractivity contribution in [2.45, 2.75) is 249 Å². The Balaban J connectivity index is 0.000000237. The summed E-state index contributed by atoms with van der Waals surface area (Å²) in [5.41, 5.74) is -0.873. The van der Waals surface area contributed by atoms with E-state index >= 15 is 0 Å². The highest BCUT2D eigenvalue weighted by atomic mass is 35.5. The molecule has 28 nitrogen and oxygen atoms in total. The fraction of sp³-hybridized carbons (Fsp3) is 0.797. The standard InChI is InChI=1S/C29H45ClN5O10PS.C29H45ClN5O8PS.CH4/c1-9-41-46(8,38)29(7,16-36)47(39,40)15-19-20-21(44-28(5,6)43-20)24(42-19)35-23-18(14-31-35)22(32-25(30)33-23)34(17-12-10-11-13-17)26(37)45-27(2,3)4;1-9-39-44(8,38)29(7,16-36)45-15-19-20-21(42-28(5,6)41-20)24(40-19)35-23-18(14-31-35)22(32-25(30)33-23)34(17-12-10-11-13-17)26(37)43-27(2,3)4;/h14,17,19-21,24,36H,9-13,15-16H2,1-8H3;14,17,19-21,24,36H,9-13,15-16H2,1-8H3;1H4/t19-,20-,21-,24-,29?,46?;19-,20-,21-,24-,29?,44?;/m11./s1. The van der Waals surface area contributed by atoms with Gasteiger partial charge in [0.05, 0.1) is 61.5 Å². The van der Waals surface area contributed by atoms with Gasteiger partial charge in [-0.25, -0.2) is 27.4 Å². The summed E-state index contributed by atoms with van der Waals surface area (Å²) in [6.07, 6.45) is 2.80. The van der Waals surface area contributed by atoms with E-state index in [0.717, 1.165) is 51.4 Å². The van der Waals surface area contributed by atoms with Gasteiger partial charge < -0.3 is 57.2 Å². The van der Waals surface area contributed by atoms with E-state index in [1.165, 1.54) is 41.1 Å². The highest BCUT2D eigenvalue weighted by molar-refractivity contribution is 8.07. The normalized spacial score (nSPS) is 27.3. The molecular weight excluding hydrogens is 1330 g/mol. The molecule has 0 spiro atoms. The Labute approximate surface area is 558 Å². The SMILES string of the molecule is C.CCOP(C)(=O)C(C)(CO)S(=O)(=O)C[C@H]1O[C@@H](n2ncc3c(N(C(=O)OC(C)(C)C)C4CCCC4)nc(Cl)nc32)[C@@H]2OC(C)(C)O[C@@H]21.CCOP(C)(=O)C(C)(CO)SC[C@H]1O[C@@H](n2ncc3c(N(C(=O)OC(C)(C)C)C4CCCC4)nc(Cl)nc32)[C@@H]2OC(C)(C)O[C@@H]21. The minimum absolute atomic E-state index is 0. The largest absolute Gasteiger partial charge is 0.443 e. The van der Waals surface area contributed by atoms with Crippen LogP contribution in [0.15, 0.2) is 12.4 Å². The molecule has 2 amide bonds. The number of halogens is 2. The molecule has 4 aromatic rings. The minimum Gasteiger partial charge on any atom is -0.443 e. The molecule has 4 aliphatic heterocycles. The van der Waals surface area contributed by atoms with Gasteiger partial charge in [0.25, 0.3) is 0 Å². The van der Waals surface area contributed by atoms with Gasteiger partial charge in [0, 0.05) is 31.2 Å². The molecule has 12 atom stereocenters. The van der Waals surface area contributed by atoms with Gasteiger partial charge in [0.1, 0.15) is 46.2 Å². The molecule has 0 aromatic carbocycles. The fourth-order valence-corrected chi connectivity index (χ4v) is 20.7. The average Bonchev–Trinajstić information content (AvgIpc) is 1.64. The van der Waals surface area contributed by atoms with E-state index < -0.39 is 130 Å². The van der Waals surface area contributed by atoms with Crippen LogP contribution in [0.5, 0.6) is 0 Å². The van der Waals surface area contributed by atoms with Gasteiger partial charge in [-0.05, 0) is 146 Å². The highest BCUT2D eigenvalue weighted by Gasteiger charge is 2.61. The lowest BCUT2D eigenvalue weighted by Gasteiger charge is -2.34. The Kier molecular flexibility index (Phi) is 22.7. The number of thioether (sulfide) groups is 1. The van der Waals surface area contributed by atoms with Gasteiger partial charge in [-0.2, -0.15) is 30.1 Å². The third kappa shape index (κ3) is 15.6. The minimum atomic E-state index is -4.34. The summed E-state index contributed by atoms with van der Waals surface area (Å²) in [5.74, 6) is -1.76. The monoisotopic (exact) mass is 1430 g/mol. The lowest BCUT2D eigenvalue weighted by atomic mass is 10.1. The zero-order chi connectivity index (χ0) is 67.7. The van der Waals surface area contributed by atoms with E-state index in [-0.39, 0.29) is 61.4 Å². The zero-order valence-corrected chi connectivity index (χ0v) is 60.1. The van der Waals surface area contributed by atoms with Crippen LogP contribution in [-0.4, -0.2) is 202 Å². The number of nitrogens with zero attached hydrogens (tertiary/aromatic N) is 10. The fourth-order valence-electron chi connectivity index (χ4n) is 12.4. The smallest absolute Gasteiger partial charge is 0.416 e. The Morgan fingerprint density at radius 3 is 1.43 bits per heavy atom. The van der Waals surface area contributed by atoms with Crippen molar-refractivity contribution in [2.24, 2.45) is 0 Å². The van der Waals surface area contributed by atoms with Crippen LogP contribution in [0.2, 0.25) is 10.6 Å². The average molecular weight is 1430 g/mol. The number of amides is 2. The van der Waals surface area contributed by atoms with Crippen LogP contribution in [0, 0.1) is 0 Å². The van der Waals surface area contributed by atoms with Crippen LogP contribution >= 0.6 is 49.7 Å². The summed E-state index contributed by atoms with van der Waals surface area (Å²) >= 11 is 14.3. The Morgan fingerprint density at radius 2 is 1.04 bits per heavy atom. The van der Waals surface area contributed by atoms with Gasteiger partial charge in [-0.15, -0.1) is 11.8 Å². The first-order valence-electron chi connectivity index (χ1n) is 31.1. The number of carbonyl (C=O) groups excluding carboxylic acids is 2. The van der Waals surface area contributed by atoms with E-state index in [0.29, 0.717) is 28.0 Å². The Hall–Kier alpha value is -3.42. The molecule has 4 unspecified atom stereocenters. The number of hydrogen-bond acceptors (Lipinski definition) is 25. The maximum Gasteiger partial charge on any atom is 0.416 e. The number of rotatable bonds is 20. The van der Waals surface area contributed by atoms with Crippen LogP contribution in [0.25, 0.3) is 22.1 Å². The van der Waals surface area contributed by atoms with E-state index in [4.69, 9.17) is 70.1 Å². The van der Waals surface area contributed by atoms with Crippen LogP contribution in [-0.2, 0) is 65.9 Å². The number of hydrogen-bond donors (Lipinski definition) is 2. The number of aromatic nitrogens is 8. The van der Waals surface area contributed by atoms with Crippen molar-refractivity contribution in [2.75, 3.05) is 61.1 Å². The molecule has 6 aliphatic rings. The second kappa shape index (κ2) is 28.1. The molecule has 524 valence electrons. The molecule has 0 bridgehead atoms. The van der Waals surface area contributed by atoms with Gasteiger partial charge in [-0.3, -0.25) is 18.9 Å². The molecule has 0 radical (unpaired) electrons. The molecule has 2 aliphatic carbocycles. The summed E-state index contributed by atoms with van der Waals surface area (Å²) in [4.78, 5) is 48.2. The molecule has 8 heterocycles. The third-order valence-corrected chi connectivity index (χ3v) is 29.5. The molecule has 2 saturated carbocycles. The lowest BCUT2D eigenvalue weighted by Crippen LogP contribution is -2.46. The Morgan fingerprint density at radius 1 is 0.656 bits per heavy atom. The second-order valence-electron chi connectivity index (χ2n) is 27.4. The van der Waals surface area contributed by atoms with Crippen LogP contribution in [0.1, 0.15) is 168 Å². The zero-order valence-electron chi connectivity index (χ0n) is 55.2. The number of sulfone groups is 1. The lowest BCUT2D eigenvalue weighted by molar-refractivity contribution is -0.195. The predicted molar refractivity (Wildman–Crippen MR) is 352 cm³/mol. The van der Waals surface area contributed by atoms with Crippen molar-refractivity contribution < 1.29 is 84.3 Å². The number of carbonyl (C=O) groups is 2. The highest BCUT2D eigenvalue weighted by Crippen LogP contribution is 2.62. The Bertz CT molecular complexity index is 3570. The second-order valence-corrected chi connectivity index (χ2v) is 38.6. The van der Waals surface area contributed by atoms with Crippen molar-refractivity contribution in [3.05, 3.63) is 23.0 Å². The molecule has 2 N–H and O–H groups in total. The summed E-state index contributed by atoms with van der Waals surface area (Å²) < 4.78 is 115. The van der Waals surface area contributed by atoms with Gasteiger partial charge in [-0.1, -0.05) is 33.1 Å². The summed E-state index contributed by atoms with van der Waals surface area (Å²) in [6.45, 7) is 25.9. The topological polar surface area (TPSA) is 329 Å². The first-order chi connectivity index (χ1) is 42.7. The molecule has 4 aromatic heterocycles. The van der Waals surface area contributed by atoms with Crippen LogP contribution < -0.4 is 9.80 Å². The predicted octanol–water partition coefficient (Wildman–Crippen LogP) is 11.3. The van der Waals surface area contributed by atoms with Crippen molar-refractivity contribution >= 4 is 105 Å². The molecule has 34 heteroatoms. The third-order valence-electron chi connectivity index (χ3n) is 17.2. The molecule has 93 heavy (non-hydrogen) atoms. The quantitative estimate of drug-likeness (QED) is 0.0613. The van der Waals surface area contributed by atoms with E-state index in [9.17, 15) is 37.4 Å². The van der Waals surface area contributed by atoms with Gasteiger partial charge in [0.15, 0.2) is 61.3 Å².